The standard InChI is InChI=1S/C27H21FN8O2/c1-38-21-8-7-17(28)11-18(21)27(37)32-12-15-3-5-16(6-4-15)23-22-24(34-35-25(22)29)19(13-31-23)20-14-33-36-10-2-9-30-26(20)36/h2-11,13-14H,12H2,1H3,(H,32,37)(H3,29,34,35). The van der Waals surface area contributed by atoms with Crippen molar-refractivity contribution in [2.75, 3.05) is 12.8 Å². The molecule has 0 saturated heterocycles. The molecular formula is C27H21FN8O2. The molecule has 0 radical (unpaired) electrons. The van der Waals surface area contributed by atoms with E-state index in [-0.39, 0.29) is 12.1 Å². The maximum absolute atomic E-state index is 13.6. The van der Waals surface area contributed by atoms with Gasteiger partial charge in [-0.1, -0.05) is 24.3 Å². The number of carbonyl (C=O) groups excluding carboxylic acids is 1. The fraction of sp³-hybridized carbons (Fsp3) is 0.0741. The molecule has 0 spiro atoms. The third-order valence-electron chi connectivity index (χ3n) is 6.28. The summed E-state index contributed by atoms with van der Waals surface area (Å²) in [5.41, 5.74) is 11.7. The van der Waals surface area contributed by atoms with E-state index in [2.05, 4.69) is 25.6 Å². The van der Waals surface area contributed by atoms with Crippen LogP contribution in [0.3, 0.4) is 0 Å². The molecule has 2 aromatic carbocycles. The summed E-state index contributed by atoms with van der Waals surface area (Å²) in [5, 5.41) is 15.1. The molecule has 4 N–H and O–H groups in total. The number of pyridine rings is 1. The minimum Gasteiger partial charge on any atom is -0.496 e. The van der Waals surface area contributed by atoms with Gasteiger partial charge in [0, 0.05) is 36.3 Å². The maximum Gasteiger partial charge on any atom is 0.255 e. The number of aromatic nitrogens is 6. The zero-order chi connectivity index (χ0) is 26.2. The maximum atomic E-state index is 13.6. The van der Waals surface area contributed by atoms with Crippen molar-refractivity contribution in [2.45, 2.75) is 6.54 Å². The molecule has 6 rings (SSSR count). The largest absolute Gasteiger partial charge is 0.496 e. The Morgan fingerprint density at radius 1 is 1.13 bits per heavy atom. The number of nitrogen functional groups attached to an aromatic ring is 1. The summed E-state index contributed by atoms with van der Waals surface area (Å²) < 4.78 is 20.5. The molecule has 11 heteroatoms. The predicted octanol–water partition coefficient (Wildman–Crippen LogP) is 3.99. The van der Waals surface area contributed by atoms with Gasteiger partial charge in [0.15, 0.2) is 11.5 Å². The van der Waals surface area contributed by atoms with E-state index in [9.17, 15) is 9.18 Å². The van der Waals surface area contributed by atoms with Crippen LogP contribution in [-0.4, -0.2) is 42.8 Å². The average molecular weight is 509 g/mol. The molecule has 0 saturated carbocycles. The van der Waals surface area contributed by atoms with Gasteiger partial charge in [0.2, 0.25) is 0 Å². The fourth-order valence-electron chi connectivity index (χ4n) is 4.40. The van der Waals surface area contributed by atoms with Crippen LogP contribution in [0.2, 0.25) is 0 Å². The lowest BCUT2D eigenvalue weighted by atomic mass is 10.0. The van der Waals surface area contributed by atoms with Gasteiger partial charge in [-0.05, 0) is 29.8 Å². The lowest BCUT2D eigenvalue weighted by molar-refractivity contribution is 0.0947. The summed E-state index contributed by atoms with van der Waals surface area (Å²) in [4.78, 5) is 21.8. The summed E-state index contributed by atoms with van der Waals surface area (Å²) in [7, 11) is 1.43. The van der Waals surface area contributed by atoms with Gasteiger partial charge in [0.25, 0.3) is 5.91 Å². The molecule has 4 heterocycles. The van der Waals surface area contributed by atoms with Crippen molar-refractivity contribution in [1.82, 2.24) is 35.1 Å². The third-order valence-corrected chi connectivity index (χ3v) is 6.28. The van der Waals surface area contributed by atoms with Crippen LogP contribution in [-0.2, 0) is 6.54 Å². The number of anilines is 1. The summed E-state index contributed by atoms with van der Waals surface area (Å²) in [5.74, 6) is -0.316. The SMILES string of the molecule is COc1ccc(F)cc1C(=O)NCc1ccc(-c2ncc(-c3cnn4cccnc34)c3[nH]nc(N)c23)cc1. The Morgan fingerprint density at radius 2 is 1.97 bits per heavy atom. The topological polar surface area (TPSA) is 136 Å². The van der Waals surface area contributed by atoms with Gasteiger partial charge in [-0.2, -0.15) is 10.2 Å². The van der Waals surface area contributed by atoms with E-state index in [0.717, 1.165) is 33.8 Å². The van der Waals surface area contributed by atoms with Gasteiger partial charge < -0.3 is 15.8 Å². The van der Waals surface area contributed by atoms with Gasteiger partial charge in [0.1, 0.15) is 11.6 Å². The van der Waals surface area contributed by atoms with Crippen LogP contribution in [0.4, 0.5) is 10.2 Å². The highest BCUT2D eigenvalue weighted by molar-refractivity contribution is 6.07. The Kier molecular flexibility index (Phi) is 5.64. The molecule has 0 bridgehead atoms. The number of nitrogens with one attached hydrogen (secondary N) is 2. The highest BCUT2D eigenvalue weighted by Crippen LogP contribution is 2.36. The number of nitrogens with zero attached hydrogens (tertiary/aromatic N) is 5. The number of aromatic amines is 1. The van der Waals surface area contributed by atoms with Crippen molar-refractivity contribution < 1.29 is 13.9 Å². The van der Waals surface area contributed by atoms with Crippen molar-refractivity contribution in [3.8, 4) is 28.1 Å². The predicted molar refractivity (Wildman–Crippen MR) is 140 cm³/mol. The highest BCUT2D eigenvalue weighted by atomic mass is 19.1. The van der Waals surface area contributed by atoms with Crippen LogP contribution in [0.1, 0.15) is 15.9 Å². The van der Waals surface area contributed by atoms with Gasteiger partial charge in [-0.3, -0.25) is 14.9 Å². The van der Waals surface area contributed by atoms with E-state index >= 15 is 0 Å². The normalized spacial score (nSPS) is 11.2. The Hall–Kier alpha value is -5.32. The van der Waals surface area contributed by atoms with E-state index < -0.39 is 11.7 Å². The molecule has 0 aliphatic carbocycles. The second-order valence-corrected chi connectivity index (χ2v) is 8.55. The van der Waals surface area contributed by atoms with Crippen molar-refractivity contribution in [3.63, 3.8) is 0 Å². The number of rotatable bonds is 6. The molecular weight excluding hydrogens is 487 g/mol. The second-order valence-electron chi connectivity index (χ2n) is 8.55. The number of carbonyl (C=O) groups is 1. The minimum absolute atomic E-state index is 0.132. The van der Waals surface area contributed by atoms with Gasteiger partial charge in [-0.25, -0.2) is 13.9 Å². The smallest absolute Gasteiger partial charge is 0.255 e. The van der Waals surface area contributed by atoms with Crippen molar-refractivity contribution >= 4 is 28.3 Å². The number of ether oxygens (including phenoxy) is 1. The zero-order valence-electron chi connectivity index (χ0n) is 20.1. The first-order valence-corrected chi connectivity index (χ1v) is 11.7. The molecule has 38 heavy (non-hydrogen) atoms. The molecule has 0 atom stereocenters. The van der Waals surface area contributed by atoms with Crippen LogP contribution >= 0.6 is 0 Å². The number of hydrogen-bond acceptors (Lipinski definition) is 7. The van der Waals surface area contributed by atoms with Crippen LogP contribution in [0.15, 0.2) is 73.3 Å². The van der Waals surface area contributed by atoms with Crippen molar-refractivity contribution in [1.29, 1.82) is 0 Å². The first kappa shape index (κ1) is 23.1. The zero-order valence-corrected chi connectivity index (χ0v) is 20.1. The van der Waals surface area contributed by atoms with Crippen molar-refractivity contribution in [3.05, 3.63) is 90.3 Å². The number of hydrogen-bond donors (Lipinski definition) is 3. The second kappa shape index (κ2) is 9.28. The molecule has 0 unspecified atom stereocenters. The minimum atomic E-state index is -0.513. The molecule has 0 aliphatic heterocycles. The number of nitrogens with two attached hydrogens (primary N) is 1. The highest BCUT2D eigenvalue weighted by Gasteiger charge is 2.19. The summed E-state index contributed by atoms with van der Waals surface area (Å²) in [6.45, 7) is 0.246. The van der Waals surface area contributed by atoms with E-state index in [1.165, 1.54) is 19.2 Å². The monoisotopic (exact) mass is 508 g/mol. The van der Waals surface area contributed by atoms with Crippen LogP contribution < -0.4 is 15.8 Å². The molecule has 0 aliphatic rings. The van der Waals surface area contributed by atoms with Crippen molar-refractivity contribution in [2.24, 2.45) is 0 Å². The lowest BCUT2D eigenvalue weighted by Gasteiger charge is -2.10. The van der Waals surface area contributed by atoms with Gasteiger partial charge in [-0.15, -0.1) is 0 Å². The van der Waals surface area contributed by atoms with Crippen LogP contribution in [0.5, 0.6) is 5.75 Å². The molecule has 0 fully saturated rings. The average Bonchev–Trinajstić information content (AvgIpc) is 3.56. The number of fused-ring (bicyclic) bond motifs is 2. The fourth-order valence-corrected chi connectivity index (χ4v) is 4.40. The molecule has 1 amide bonds. The Balaban J connectivity index is 1.28. The van der Waals surface area contributed by atoms with Crippen LogP contribution in [0, 0.1) is 5.82 Å². The lowest BCUT2D eigenvalue weighted by Crippen LogP contribution is -2.23. The number of H-pyrrole nitrogens is 1. The van der Waals surface area contributed by atoms with Crippen LogP contribution in [0.25, 0.3) is 38.9 Å². The number of benzene rings is 2. The quantitative estimate of drug-likeness (QED) is 0.309. The molecule has 188 valence electrons. The van der Waals surface area contributed by atoms with Gasteiger partial charge >= 0.3 is 0 Å². The van der Waals surface area contributed by atoms with E-state index in [1.807, 2.05) is 36.5 Å². The Morgan fingerprint density at radius 3 is 2.79 bits per heavy atom. The third kappa shape index (κ3) is 3.95. The number of amides is 1. The summed E-state index contributed by atoms with van der Waals surface area (Å²) in [6.07, 6.45) is 7.02. The summed E-state index contributed by atoms with van der Waals surface area (Å²) >= 11 is 0. The molecule has 4 aromatic heterocycles. The van der Waals surface area contributed by atoms with E-state index in [0.29, 0.717) is 28.3 Å². The first-order chi connectivity index (χ1) is 18.5. The summed E-state index contributed by atoms with van der Waals surface area (Å²) in [6, 6.07) is 13.2. The van der Waals surface area contributed by atoms with E-state index in [4.69, 9.17) is 15.5 Å². The first-order valence-electron chi connectivity index (χ1n) is 11.7. The van der Waals surface area contributed by atoms with E-state index in [1.54, 1.807) is 23.1 Å². The molecule has 6 aromatic rings. The molecule has 10 nitrogen and oxygen atoms in total. The number of methoxy groups -OCH3 is 1. The van der Waals surface area contributed by atoms with Gasteiger partial charge in [0.05, 0.1) is 41.0 Å². The number of halogens is 1. The Bertz CT molecular complexity index is 1810. The Labute approximate surface area is 215 Å².